The number of hydrogen-bond donors (Lipinski definition) is 2. The monoisotopic (exact) mass is 167 g/mol. The lowest BCUT2D eigenvalue weighted by atomic mass is 10.1. The van der Waals surface area contributed by atoms with Crippen LogP contribution in [0.4, 0.5) is 5.82 Å². The van der Waals surface area contributed by atoms with Crippen LogP contribution in [0.3, 0.4) is 0 Å². The van der Waals surface area contributed by atoms with E-state index in [1.54, 1.807) is 6.07 Å². The van der Waals surface area contributed by atoms with Gasteiger partial charge in [-0.05, 0) is 20.3 Å². The van der Waals surface area contributed by atoms with Crippen LogP contribution < -0.4 is 10.9 Å². The third kappa shape index (κ3) is 1.03. The van der Waals surface area contributed by atoms with Crippen molar-refractivity contribution in [1.29, 1.82) is 0 Å². The standard InChI is InChI=1S/C8H13N3O/c1-5-3-6(2)11-7(9-5)4-8(12)10-11/h4-6,9H,3H2,1-2H3,(H,10,12)/t5-,6+/m1/s1. The Hall–Kier alpha value is -1.19. The molecule has 1 aromatic rings. The molecular weight excluding hydrogens is 154 g/mol. The summed E-state index contributed by atoms with van der Waals surface area (Å²) < 4.78 is 1.89. The Morgan fingerprint density at radius 2 is 2.33 bits per heavy atom. The molecule has 1 aliphatic heterocycles. The van der Waals surface area contributed by atoms with E-state index in [0.717, 1.165) is 12.2 Å². The Bertz CT molecular complexity index is 338. The molecule has 0 fully saturated rings. The second-order valence-corrected chi connectivity index (χ2v) is 3.51. The van der Waals surface area contributed by atoms with Crippen LogP contribution in [-0.4, -0.2) is 15.8 Å². The van der Waals surface area contributed by atoms with Crippen molar-refractivity contribution in [1.82, 2.24) is 9.78 Å². The van der Waals surface area contributed by atoms with E-state index in [1.807, 2.05) is 4.68 Å². The van der Waals surface area contributed by atoms with Gasteiger partial charge in [-0.15, -0.1) is 0 Å². The molecule has 0 saturated carbocycles. The summed E-state index contributed by atoms with van der Waals surface area (Å²) >= 11 is 0. The number of rotatable bonds is 0. The van der Waals surface area contributed by atoms with Gasteiger partial charge in [-0.1, -0.05) is 0 Å². The van der Waals surface area contributed by atoms with Crippen molar-refractivity contribution in [3.63, 3.8) is 0 Å². The van der Waals surface area contributed by atoms with Gasteiger partial charge in [0.2, 0.25) is 0 Å². The first-order chi connectivity index (χ1) is 5.66. The van der Waals surface area contributed by atoms with Gasteiger partial charge in [0.15, 0.2) is 0 Å². The van der Waals surface area contributed by atoms with Gasteiger partial charge in [0.1, 0.15) is 5.82 Å². The zero-order valence-corrected chi connectivity index (χ0v) is 7.29. The molecule has 1 aromatic heterocycles. The van der Waals surface area contributed by atoms with Gasteiger partial charge in [0.05, 0.1) is 6.04 Å². The first-order valence-corrected chi connectivity index (χ1v) is 4.25. The third-order valence-electron chi connectivity index (χ3n) is 2.29. The van der Waals surface area contributed by atoms with Crippen molar-refractivity contribution in [2.24, 2.45) is 0 Å². The Balaban J connectivity index is 2.46. The maximum absolute atomic E-state index is 11.0. The van der Waals surface area contributed by atoms with Crippen molar-refractivity contribution < 1.29 is 0 Å². The number of anilines is 1. The topological polar surface area (TPSA) is 49.8 Å². The number of H-pyrrole nitrogens is 1. The van der Waals surface area contributed by atoms with Crippen molar-refractivity contribution in [2.45, 2.75) is 32.4 Å². The summed E-state index contributed by atoms with van der Waals surface area (Å²) in [5.74, 6) is 0.909. The lowest BCUT2D eigenvalue weighted by Gasteiger charge is -2.28. The number of aromatic nitrogens is 2. The summed E-state index contributed by atoms with van der Waals surface area (Å²) in [6, 6.07) is 2.45. The molecule has 12 heavy (non-hydrogen) atoms. The van der Waals surface area contributed by atoms with Gasteiger partial charge in [-0.3, -0.25) is 14.6 Å². The summed E-state index contributed by atoms with van der Waals surface area (Å²) in [4.78, 5) is 11.0. The molecule has 0 radical (unpaired) electrons. The molecule has 2 atom stereocenters. The van der Waals surface area contributed by atoms with Gasteiger partial charge in [-0.2, -0.15) is 0 Å². The van der Waals surface area contributed by atoms with E-state index in [2.05, 4.69) is 24.3 Å². The smallest absolute Gasteiger partial charge is 0.266 e. The van der Waals surface area contributed by atoms with E-state index in [0.29, 0.717) is 12.1 Å². The van der Waals surface area contributed by atoms with Crippen LogP contribution in [0.25, 0.3) is 0 Å². The highest BCUT2D eigenvalue weighted by molar-refractivity contribution is 5.37. The van der Waals surface area contributed by atoms with Gasteiger partial charge in [-0.25, -0.2) is 0 Å². The van der Waals surface area contributed by atoms with E-state index in [-0.39, 0.29) is 5.56 Å². The predicted molar refractivity (Wildman–Crippen MR) is 47.5 cm³/mol. The van der Waals surface area contributed by atoms with Crippen molar-refractivity contribution in [3.05, 3.63) is 16.4 Å². The Kier molecular flexibility index (Phi) is 1.49. The average molecular weight is 167 g/mol. The summed E-state index contributed by atoms with van der Waals surface area (Å²) in [6.07, 6.45) is 1.05. The van der Waals surface area contributed by atoms with Crippen molar-refractivity contribution >= 4 is 5.82 Å². The van der Waals surface area contributed by atoms with E-state index in [9.17, 15) is 4.79 Å². The van der Waals surface area contributed by atoms with Crippen LogP contribution >= 0.6 is 0 Å². The van der Waals surface area contributed by atoms with E-state index < -0.39 is 0 Å². The molecule has 0 aromatic carbocycles. The molecule has 66 valence electrons. The zero-order chi connectivity index (χ0) is 8.72. The molecule has 2 N–H and O–H groups in total. The first-order valence-electron chi connectivity index (χ1n) is 4.25. The summed E-state index contributed by atoms with van der Waals surface area (Å²) in [6.45, 7) is 4.23. The second kappa shape index (κ2) is 2.40. The fourth-order valence-corrected chi connectivity index (χ4v) is 1.79. The minimum Gasteiger partial charge on any atom is -0.368 e. The second-order valence-electron chi connectivity index (χ2n) is 3.51. The molecular formula is C8H13N3O. The van der Waals surface area contributed by atoms with Gasteiger partial charge in [0.25, 0.3) is 5.56 Å². The molecule has 0 saturated heterocycles. The van der Waals surface area contributed by atoms with E-state index in [4.69, 9.17) is 0 Å². The molecule has 0 bridgehead atoms. The lowest BCUT2D eigenvalue weighted by molar-refractivity contribution is 0.412. The molecule has 4 heteroatoms. The Morgan fingerprint density at radius 3 is 3.08 bits per heavy atom. The summed E-state index contributed by atoms with van der Waals surface area (Å²) in [5.41, 5.74) is -0.0292. The average Bonchev–Trinajstić information content (AvgIpc) is 2.29. The highest BCUT2D eigenvalue weighted by Crippen LogP contribution is 2.23. The highest BCUT2D eigenvalue weighted by Gasteiger charge is 2.20. The van der Waals surface area contributed by atoms with E-state index in [1.165, 1.54) is 0 Å². The quantitative estimate of drug-likeness (QED) is 0.604. The molecule has 0 spiro atoms. The molecule has 2 heterocycles. The number of nitrogens with zero attached hydrogens (tertiary/aromatic N) is 1. The van der Waals surface area contributed by atoms with E-state index >= 15 is 0 Å². The normalized spacial score (nSPS) is 27.8. The molecule has 0 amide bonds. The number of aromatic amines is 1. The lowest BCUT2D eigenvalue weighted by Crippen LogP contribution is -2.28. The Labute approximate surface area is 70.6 Å². The molecule has 4 nitrogen and oxygen atoms in total. The minimum atomic E-state index is -0.0292. The molecule has 2 rings (SSSR count). The minimum absolute atomic E-state index is 0.0292. The van der Waals surface area contributed by atoms with Crippen LogP contribution in [0.2, 0.25) is 0 Å². The van der Waals surface area contributed by atoms with Crippen molar-refractivity contribution in [3.8, 4) is 0 Å². The third-order valence-corrected chi connectivity index (χ3v) is 2.29. The number of hydrogen-bond acceptors (Lipinski definition) is 2. The molecule has 1 aliphatic rings. The molecule has 0 aliphatic carbocycles. The first kappa shape index (κ1) is 7.46. The van der Waals surface area contributed by atoms with Gasteiger partial charge in [0, 0.05) is 12.1 Å². The van der Waals surface area contributed by atoms with Crippen LogP contribution in [0.15, 0.2) is 10.9 Å². The fraction of sp³-hybridized carbons (Fsp3) is 0.625. The van der Waals surface area contributed by atoms with Crippen LogP contribution in [0.1, 0.15) is 26.3 Å². The number of fused-ring (bicyclic) bond motifs is 1. The van der Waals surface area contributed by atoms with Crippen LogP contribution in [0.5, 0.6) is 0 Å². The van der Waals surface area contributed by atoms with Gasteiger partial charge >= 0.3 is 0 Å². The largest absolute Gasteiger partial charge is 0.368 e. The number of nitrogens with one attached hydrogen (secondary N) is 2. The maximum Gasteiger partial charge on any atom is 0.266 e. The summed E-state index contributed by atoms with van der Waals surface area (Å²) in [7, 11) is 0. The summed E-state index contributed by atoms with van der Waals surface area (Å²) in [5, 5.41) is 6.01. The fourth-order valence-electron chi connectivity index (χ4n) is 1.79. The zero-order valence-electron chi connectivity index (χ0n) is 7.29. The van der Waals surface area contributed by atoms with Crippen LogP contribution in [-0.2, 0) is 0 Å². The maximum atomic E-state index is 11.0. The van der Waals surface area contributed by atoms with Crippen LogP contribution in [0, 0.1) is 0 Å². The molecule has 0 unspecified atom stereocenters. The SMILES string of the molecule is C[C@@H]1C[C@H](C)n2[nH]c(=O)cc2N1. The van der Waals surface area contributed by atoms with Crippen molar-refractivity contribution in [2.75, 3.05) is 5.32 Å². The predicted octanol–water partition coefficient (Wildman–Crippen LogP) is 0.942. The highest BCUT2D eigenvalue weighted by atomic mass is 16.1. The van der Waals surface area contributed by atoms with Gasteiger partial charge < -0.3 is 5.32 Å². The Morgan fingerprint density at radius 1 is 1.58 bits per heavy atom.